The molecule has 1 aliphatic carbocycles. The number of anilines is 1. The lowest BCUT2D eigenvalue weighted by Gasteiger charge is -2.25. The van der Waals surface area contributed by atoms with Gasteiger partial charge in [-0.25, -0.2) is 9.97 Å². The molecule has 1 aliphatic rings. The summed E-state index contributed by atoms with van der Waals surface area (Å²) in [7, 11) is 0. The zero-order valence-electron chi connectivity index (χ0n) is 10.9. The molecule has 1 saturated carbocycles. The van der Waals surface area contributed by atoms with Crippen molar-refractivity contribution in [2.75, 3.05) is 12.3 Å². The maximum absolute atomic E-state index is 12.0. The predicted molar refractivity (Wildman–Crippen MR) is 70.2 cm³/mol. The van der Waals surface area contributed by atoms with Crippen LogP contribution in [-0.2, 0) is 0 Å². The lowest BCUT2D eigenvalue weighted by atomic mass is 9.85. The van der Waals surface area contributed by atoms with Gasteiger partial charge in [0.1, 0.15) is 5.82 Å². The van der Waals surface area contributed by atoms with Crippen molar-refractivity contribution in [1.82, 2.24) is 15.3 Å². The number of aromatic nitrogens is 2. The third-order valence-electron chi connectivity index (χ3n) is 3.34. The molecule has 0 spiro atoms. The SMILES string of the molecule is CC(C)c1ncc(N)c(C(=O)NCC2CCC2)n1. The van der Waals surface area contributed by atoms with Crippen molar-refractivity contribution in [3.05, 3.63) is 17.7 Å². The number of nitrogen functional groups attached to an aromatic ring is 1. The number of nitrogens with zero attached hydrogens (tertiary/aromatic N) is 2. The van der Waals surface area contributed by atoms with Crippen molar-refractivity contribution in [3.8, 4) is 0 Å². The number of rotatable bonds is 4. The summed E-state index contributed by atoms with van der Waals surface area (Å²) in [5.74, 6) is 1.27. The van der Waals surface area contributed by atoms with E-state index in [0.717, 1.165) is 6.54 Å². The fourth-order valence-corrected chi connectivity index (χ4v) is 1.88. The second-order valence-electron chi connectivity index (χ2n) is 5.19. The minimum absolute atomic E-state index is 0.184. The van der Waals surface area contributed by atoms with Gasteiger partial charge in [0.15, 0.2) is 5.69 Å². The van der Waals surface area contributed by atoms with E-state index in [4.69, 9.17) is 5.73 Å². The van der Waals surface area contributed by atoms with Crippen LogP contribution >= 0.6 is 0 Å². The third-order valence-corrected chi connectivity index (χ3v) is 3.34. The van der Waals surface area contributed by atoms with Crippen molar-refractivity contribution in [1.29, 1.82) is 0 Å². The highest BCUT2D eigenvalue weighted by Crippen LogP contribution is 2.25. The molecule has 98 valence electrons. The van der Waals surface area contributed by atoms with Crippen molar-refractivity contribution in [3.63, 3.8) is 0 Å². The highest BCUT2D eigenvalue weighted by atomic mass is 16.1. The Balaban J connectivity index is 2.05. The van der Waals surface area contributed by atoms with E-state index in [1.807, 2.05) is 13.8 Å². The number of carbonyl (C=O) groups excluding carboxylic acids is 1. The molecule has 3 N–H and O–H groups in total. The molecule has 0 radical (unpaired) electrons. The van der Waals surface area contributed by atoms with Gasteiger partial charge < -0.3 is 11.1 Å². The zero-order valence-corrected chi connectivity index (χ0v) is 10.9. The summed E-state index contributed by atoms with van der Waals surface area (Å²) < 4.78 is 0. The highest BCUT2D eigenvalue weighted by molar-refractivity contribution is 5.96. The summed E-state index contributed by atoms with van der Waals surface area (Å²) in [4.78, 5) is 20.4. The lowest BCUT2D eigenvalue weighted by molar-refractivity contribution is 0.0934. The molecule has 0 unspecified atom stereocenters. The minimum Gasteiger partial charge on any atom is -0.396 e. The number of carbonyl (C=O) groups is 1. The van der Waals surface area contributed by atoms with Crippen LogP contribution in [0.3, 0.4) is 0 Å². The van der Waals surface area contributed by atoms with E-state index in [-0.39, 0.29) is 11.8 Å². The summed E-state index contributed by atoms with van der Waals surface area (Å²) in [6, 6.07) is 0. The number of nitrogens with two attached hydrogens (primary N) is 1. The first-order valence-corrected chi connectivity index (χ1v) is 6.48. The monoisotopic (exact) mass is 248 g/mol. The van der Waals surface area contributed by atoms with Crippen LogP contribution in [0.5, 0.6) is 0 Å². The molecule has 1 heterocycles. The molecule has 1 aromatic heterocycles. The van der Waals surface area contributed by atoms with Crippen LogP contribution in [0.2, 0.25) is 0 Å². The first-order chi connectivity index (χ1) is 8.58. The maximum atomic E-state index is 12.0. The molecule has 1 fully saturated rings. The molecule has 0 bridgehead atoms. The van der Waals surface area contributed by atoms with Crippen molar-refractivity contribution in [2.24, 2.45) is 5.92 Å². The quantitative estimate of drug-likeness (QED) is 0.850. The highest BCUT2D eigenvalue weighted by Gasteiger charge is 2.20. The summed E-state index contributed by atoms with van der Waals surface area (Å²) >= 11 is 0. The Morgan fingerprint density at radius 1 is 1.56 bits per heavy atom. The minimum atomic E-state index is -0.191. The fraction of sp³-hybridized carbons (Fsp3) is 0.615. The zero-order chi connectivity index (χ0) is 13.1. The predicted octanol–water partition coefficient (Wildman–Crippen LogP) is 1.71. The Labute approximate surface area is 107 Å². The van der Waals surface area contributed by atoms with Crippen LogP contribution in [0.4, 0.5) is 5.69 Å². The van der Waals surface area contributed by atoms with Crippen molar-refractivity contribution >= 4 is 11.6 Å². The number of hydrogen-bond donors (Lipinski definition) is 2. The van der Waals surface area contributed by atoms with Crippen molar-refractivity contribution < 1.29 is 4.79 Å². The second kappa shape index (κ2) is 5.33. The molecule has 5 heteroatoms. The average Bonchev–Trinajstić information content (AvgIpc) is 2.26. The van der Waals surface area contributed by atoms with Gasteiger partial charge in [0, 0.05) is 12.5 Å². The largest absolute Gasteiger partial charge is 0.396 e. The van der Waals surface area contributed by atoms with Crippen LogP contribution in [-0.4, -0.2) is 22.4 Å². The molecule has 0 aliphatic heterocycles. The summed E-state index contributed by atoms with van der Waals surface area (Å²) in [5, 5.41) is 2.90. The molecule has 0 atom stereocenters. The van der Waals surface area contributed by atoms with Gasteiger partial charge in [-0.05, 0) is 18.8 Å². The Morgan fingerprint density at radius 3 is 2.83 bits per heavy atom. The summed E-state index contributed by atoms with van der Waals surface area (Å²) in [6.07, 6.45) is 5.20. The first kappa shape index (κ1) is 12.8. The van der Waals surface area contributed by atoms with E-state index in [2.05, 4.69) is 15.3 Å². The van der Waals surface area contributed by atoms with E-state index >= 15 is 0 Å². The molecule has 5 nitrogen and oxygen atoms in total. The molecule has 0 saturated heterocycles. The number of hydrogen-bond acceptors (Lipinski definition) is 4. The van der Waals surface area contributed by atoms with Crippen LogP contribution < -0.4 is 11.1 Å². The van der Waals surface area contributed by atoms with Crippen LogP contribution in [0.25, 0.3) is 0 Å². The molecule has 1 aromatic rings. The van der Waals surface area contributed by atoms with Crippen molar-refractivity contribution in [2.45, 2.75) is 39.0 Å². The Morgan fingerprint density at radius 2 is 2.28 bits per heavy atom. The first-order valence-electron chi connectivity index (χ1n) is 6.48. The van der Waals surface area contributed by atoms with Crippen LogP contribution in [0.1, 0.15) is 55.3 Å². The van der Waals surface area contributed by atoms with Gasteiger partial charge in [0.05, 0.1) is 11.9 Å². The van der Waals surface area contributed by atoms with Gasteiger partial charge in [-0.2, -0.15) is 0 Å². The topological polar surface area (TPSA) is 80.9 Å². The van der Waals surface area contributed by atoms with Crippen LogP contribution in [0, 0.1) is 5.92 Å². The average molecular weight is 248 g/mol. The Hall–Kier alpha value is -1.65. The van der Waals surface area contributed by atoms with Gasteiger partial charge in [0.25, 0.3) is 5.91 Å². The van der Waals surface area contributed by atoms with E-state index < -0.39 is 0 Å². The van der Waals surface area contributed by atoms with Gasteiger partial charge in [-0.3, -0.25) is 4.79 Å². The van der Waals surface area contributed by atoms with E-state index in [9.17, 15) is 4.79 Å². The Kier molecular flexibility index (Phi) is 3.79. The maximum Gasteiger partial charge on any atom is 0.272 e. The molecular formula is C13H20N4O. The molecule has 0 aromatic carbocycles. The lowest BCUT2D eigenvalue weighted by Crippen LogP contribution is -2.33. The standard InChI is InChI=1S/C13H20N4O/c1-8(2)12-15-7-10(14)11(17-12)13(18)16-6-9-4-3-5-9/h7-9H,3-6,14H2,1-2H3,(H,16,18). The summed E-state index contributed by atoms with van der Waals surface area (Å²) in [5.41, 5.74) is 6.40. The van der Waals surface area contributed by atoms with Gasteiger partial charge in [0.2, 0.25) is 0 Å². The molecule has 2 rings (SSSR count). The Bertz CT molecular complexity index is 441. The molecule has 1 amide bonds. The smallest absolute Gasteiger partial charge is 0.272 e. The van der Waals surface area contributed by atoms with E-state index in [1.165, 1.54) is 25.5 Å². The second-order valence-corrected chi connectivity index (χ2v) is 5.19. The molecule has 18 heavy (non-hydrogen) atoms. The summed E-state index contributed by atoms with van der Waals surface area (Å²) in [6.45, 7) is 4.70. The molecular weight excluding hydrogens is 228 g/mol. The van der Waals surface area contributed by atoms with Gasteiger partial charge in [-0.1, -0.05) is 20.3 Å². The third kappa shape index (κ3) is 2.78. The normalized spacial score (nSPS) is 15.5. The van der Waals surface area contributed by atoms with Crippen LogP contribution in [0.15, 0.2) is 6.20 Å². The number of amides is 1. The van der Waals surface area contributed by atoms with E-state index in [1.54, 1.807) is 0 Å². The fourth-order valence-electron chi connectivity index (χ4n) is 1.88. The van der Waals surface area contributed by atoms with Gasteiger partial charge >= 0.3 is 0 Å². The van der Waals surface area contributed by atoms with Gasteiger partial charge in [-0.15, -0.1) is 0 Å². The number of nitrogens with one attached hydrogen (secondary N) is 1. The van der Waals surface area contributed by atoms with E-state index in [0.29, 0.717) is 23.1 Å².